The second-order valence-corrected chi connectivity index (χ2v) is 5.57. The van der Waals surface area contributed by atoms with E-state index in [1.165, 1.54) is 12.8 Å². The van der Waals surface area contributed by atoms with E-state index in [0.29, 0.717) is 12.3 Å². The average Bonchev–Trinajstić information content (AvgIpc) is 2.73. The van der Waals surface area contributed by atoms with Crippen molar-refractivity contribution in [3.8, 4) is 0 Å². The molecule has 3 rings (SSSR count). The second-order valence-electron chi connectivity index (χ2n) is 5.57. The van der Waals surface area contributed by atoms with Crippen LogP contribution >= 0.6 is 0 Å². The van der Waals surface area contributed by atoms with Crippen molar-refractivity contribution in [3.63, 3.8) is 0 Å². The molecule has 2 N–H and O–H groups in total. The molecule has 4 nitrogen and oxygen atoms in total. The Bertz CT molecular complexity index is 480. The Morgan fingerprint density at radius 2 is 2.37 bits per heavy atom. The van der Waals surface area contributed by atoms with Crippen LogP contribution in [0.3, 0.4) is 0 Å². The van der Waals surface area contributed by atoms with Gasteiger partial charge in [0.1, 0.15) is 0 Å². The predicted molar refractivity (Wildman–Crippen MR) is 77.6 cm³/mol. The van der Waals surface area contributed by atoms with E-state index in [1.54, 1.807) is 4.90 Å². The van der Waals surface area contributed by atoms with Crippen molar-refractivity contribution in [1.82, 2.24) is 5.32 Å². The highest BCUT2D eigenvalue weighted by molar-refractivity contribution is 6.01. The van der Waals surface area contributed by atoms with Gasteiger partial charge in [0.15, 0.2) is 0 Å². The first-order valence-corrected chi connectivity index (χ1v) is 7.08. The van der Waals surface area contributed by atoms with E-state index < -0.39 is 0 Å². The molecule has 0 spiro atoms. The maximum atomic E-state index is 11.6. The van der Waals surface area contributed by atoms with Crippen LogP contribution < -0.4 is 15.5 Å². The molecular weight excluding hydrogens is 238 g/mol. The van der Waals surface area contributed by atoms with Gasteiger partial charge in [-0.2, -0.15) is 0 Å². The molecule has 0 bridgehead atoms. The number of carbonyl (C=O) groups excluding carboxylic acids is 1. The van der Waals surface area contributed by atoms with Crippen molar-refractivity contribution in [2.75, 3.05) is 36.9 Å². The molecule has 0 radical (unpaired) electrons. The topological polar surface area (TPSA) is 44.4 Å². The molecule has 1 aromatic rings. The first-order chi connectivity index (χ1) is 9.24. The molecule has 1 fully saturated rings. The zero-order chi connectivity index (χ0) is 13.2. The Hall–Kier alpha value is -1.55. The smallest absolute Gasteiger partial charge is 0.231 e. The van der Waals surface area contributed by atoms with Crippen LogP contribution in [0.1, 0.15) is 18.4 Å². The van der Waals surface area contributed by atoms with Crippen LogP contribution in [0.5, 0.6) is 0 Å². The molecule has 2 aliphatic heterocycles. The van der Waals surface area contributed by atoms with Crippen LogP contribution in [0.15, 0.2) is 18.2 Å². The fourth-order valence-electron chi connectivity index (χ4n) is 2.94. The van der Waals surface area contributed by atoms with E-state index >= 15 is 0 Å². The van der Waals surface area contributed by atoms with Crippen molar-refractivity contribution in [1.29, 1.82) is 0 Å². The van der Waals surface area contributed by atoms with Gasteiger partial charge in [-0.1, -0.05) is 0 Å². The molecule has 2 heterocycles. The van der Waals surface area contributed by atoms with Gasteiger partial charge >= 0.3 is 0 Å². The van der Waals surface area contributed by atoms with Crippen molar-refractivity contribution in [3.05, 3.63) is 23.8 Å². The third kappa shape index (κ3) is 2.59. The van der Waals surface area contributed by atoms with Gasteiger partial charge in [0, 0.05) is 25.0 Å². The van der Waals surface area contributed by atoms with Crippen molar-refractivity contribution in [2.45, 2.75) is 19.3 Å². The van der Waals surface area contributed by atoms with Gasteiger partial charge in [0.05, 0.1) is 6.42 Å². The molecule has 0 aliphatic carbocycles. The van der Waals surface area contributed by atoms with E-state index in [0.717, 1.165) is 36.6 Å². The number of hydrogen-bond donors (Lipinski definition) is 2. The van der Waals surface area contributed by atoms with Gasteiger partial charge < -0.3 is 15.5 Å². The molecule has 4 heteroatoms. The molecule has 1 aromatic carbocycles. The highest BCUT2D eigenvalue weighted by atomic mass is 16.2. The molecule has 1 unspecified atom stereocenters. The Morgan fingerprint density at radius 1 is 1.47 bits per heavy atom. The van der Waals surface area contributed by atoms with E-state index in [2.05, 4.69) is 22.8 Å². The summed E-state index contributed by atoms with van der Waals surface area (Å²) in [5.41, 5.74) is 3.32. The minimum atomic E-state index is 0.184. The summed E-state index contributed by atoms with van der Waals surface area (Å²) in [6.07, 6.45) is 3.11. The van der Waals surface area contributed by atoms with E-state index in [1.807, 2.05) is 13.1 Å². The molecule has 0 aromatic heterocycles. The maximum absolute atomic E-state index is 11.6. The monoisotopic (exact) mass is 259 g/mol. The molecule has 19 heavy (non-hydrogen) atoms. The van der Waals surface area contributed by atoms with Crippen LogP contribution in [0.2, 0.25) is 0 Å². The summed E-state index contributed by atoms with van der Waals surface area (Å²) in [4.78, 5) is 13.4. The third-order valence-corrected chi connectivity index (χ3v) is 4.15. The third-order valence-electron chi connectivity index (χ3n) is 4.15. The van der Waals surface area contributed by atoms with Gasteiger partial charge in [0.25, 0.3) is 0 Å². The number of benzene rings is 1. The molecule has 102 valence electrons. The standard InChI is InChI=1S/C15H21N3O/c1-18-14-5-4-13(7-12(14)8-15(18)19)17-10-11-3-2-6-16-9-11/h4-5,7,11,16-17H,2-3,6,8-10H2,1H3. The summed E-state index contributed by atoms with van der Waals surface area (Å²) in [6.45, 7) is 3.28. The second kappa shape index (κ2) is 5.21. The number of anilines is 2. The average molecular weight is 259 g/mol. The van der Waals surface area contributed by atoms with Crippen LogP contribution in [0.4, 0.5) is 11.4 Å². The number of amides is 1. The summed E-state index contributed by atoms with van der Waals surface area (Å²) in [5, 5.41) is 6.94. The van der Waals surface area contributed by atoms with Crippen LogP contribution in [-0.2, 0) is 11.2 Å². The largest absolute Gasteiger partial charge is 0.385 e. The maximum Gasteiger partial charge on any atom is 0.231 e. The first-order valence-electron chi connectivity index (χ1n) is 7.08. The summed E-state index contributed by atoms with van der Waals surface area (Å²) in [6, 6.07) is 6.23. The van der Waals surface area contributed by atoms with Gasteiger partial charge in [-0.05, 0) is 55.6 Å². The lowest BCUT2D eigenvalue weighted by atomic mass is 9.99. The normalized spacial score (nSPS) is 22.5. The van der Waals surface area contributed by atoms with E-state index in [9.17, 15) is 4.79 Å². The number of nitrogens with one attached hydrogen (secondary N) is 2. The number of piperidine rings is 1. The van der Waals surface area contributed by atoms with E-state index in [-0.39, 0.29) is 5.91 Å². The molecule has 1 amide bonds. The minimum absolute atomic E-state index is 0.184. The van der Waals surface area contributed by atoms with Crippen molar-refractivity contribution in [2.24, 2.45) is 5.92 Å². The zero-order valence-corrected chi connectivity index (χ0v) is 11.4. The quantitative estimate of drug-likeness (QED) is 0.867. The number of carbonyl (C=O) groups is 1. The van der Waals surface area contributed by atoms with Crippen molar-refractivity contribution >= 4 is 17.3 Å². The lowest BCUT2D eigenvalue weighted by Crippen LogP contribution is -2.33. The Labute approximate surface area is 114 Å². The zero-order valence-electron chi connectivity index (χ0n) is 11.4. The Morgan fingerprint density at radius 3 is 3.16 bits per heavy atom. The summed E-state index contributed by atoms with van der Waals surface area (Å²) >= 11 is 0. The highest BCUT2D eigenvalue weighted by Gasteiger charge is 2.23. The number of fused-ring (bicyclic) bond motifs is 1. The van der Waals surface area contributed by atoms with E-state index in [4.69, 9.17) is 0 Å². The van der Waals surface area contributed by atoms with Gasteiger partial charge in [-0.15, -0.1) is 0 Å². The lowest BCUT2D eigenvalue weighted by molar-refractivity contribution is -0.117. The lowest BCUT2D eigenvalue weighted by Gasteiger charge is -2.23. The highest BCUT2D eigenvalue weighted by Crippen LogP contribution is 2.30. The molecular formula is C15H21N3O. The summed E-state index contributed by atoms with van der Waals surface area (Å²) in [7, 11) is 1.84. The molecule has 1 saturated heterocycles. The van der Waals surface area contributed by atoms with Crippen molar-refractivity contribution < 1.29 is 4.79 Å². The van der Waals surface area contributed by atoms with Gasteiger partial charge in [-0.3, -0.25) is 4.79 Å². The number of likely N-dealkylation sites (N-methyl/N-ethyl adjacent to an activating group) is 1. The van der Waals surface area contributed by atoms with Crippen LogP contribution in [0, 0.1) is 5.92 Å². The SMILES string of the molecule is CN1C(=O)Cc2cc(NCC3CCCNC3)ccc21. The number of rotatable bonds is 3. The van der Waals surface area contributed by atoms with Gasteiger partial charge in [0.2, 0.25) is 5.91 Å². The van der Waals surface area contributed by atoms with Crippen LogP contribution in [-0.4, -0.2) is 32.6 Å². The summed E-state index contributed by atoms with van der Waals surface area (Å²) in [5.74, 6) is 0.898. The summed E-state index contributed by atoms with van der Waals surface area (Å²) < 4.78 is 0. The fraction of sp³-hybridized carbons (Fsp3) is 0.533. The Kier molecular flexibility index (Phi) is 3.42. The first kappa shape index (κ1) is 12.5. The van der Waals surface area contributed by atoms with Crippen LogP contribution in [0.25, 0.3) is 0 Å². The van der Waals surface area contributed by atoms with Gasteiger partial charge in [-0.25, -0.2) is 0 Å². The number of hydrogen-bond acceptors (Lipinski definition) is 3. The molecule has 1 atom stereocenters. The fourth-order valence-corrected chi connectivity index (χ4v) is 2.94. The minimum Gasteiger partial charge on any atom is -0.385 e. The molecule has 0 saturated carbocycles. The predicted octanol–water partition coefficient (Wildman–Crippen LogP) is 1.62. The molecule has 2 aliphatic rings. The Balaban J connectivity index is 1.63. The number of nitrogens with zero attached hydrogens (tertiary/aromatic N) is 1.